The van der Waals surface area contributed by atoms with Gasteiger partial charge in [0.25, 0.3) is 0 Å². The molecule has 18 heavy (non-hydrogen) atoms. The SMILES string of the molecule is OCc1ccc(Sc2nc3ccccc3[nH]2)nc1. The molecule has 3 rings (SSSR count). The summed E-state index contributed by atoms with van der Waals surface area (Å²) in [6.07, 6.45) is 1.67. The Labute approximate surface area is 108 Å². The van der Waals surface area contributed by atoms with Crippen molar-refractivity contribution in [2.24, 2.45) is 0 Å². The molecule has 0 fully saturated rings. The summed E-state index contributed by atoms with van der Waals surface area (Å²) in [6, 6.07) is 11.6. The van der Waals surface area contributed by atoms with Crippen molar-refractivity contribution in [2.75, 3.05) is 0 Å². The molecule has 0 unspecified atom stereocenters. The summed E-state index contributed by atoms with van der Waals surface area (Å²) in [5, 5.41) is 10.6. The van der Waals surface area contributed by atoms with E-state index >= 15 is 0 Å². The third kappa shape index (κ3) is 2.23. The van der Waals surface area contributed by atoms with E-state index < -0.39 is 0 Å². The predicted octanol–water partition coefficient (Wildman–Crippen LogP) is 2.60. The summed E-state index contributed by atoms with van der Waals surface area (Å²) in [5.74, 6) is 0. The Balaban J connectivity index is 1.86. The summed E-state index contributed by atoms with van der Waals surface area (Å²) >= 11 is 1.47. The van der Waals surface area contributed by atoms with Gasteiger partial charge in [-0.25, -0.2) is 9.97 Å². The van der Waals surface area contributed by atoms with Gasteiger partial charge in [-0.3, -0.25) is 0 Å². The number of fused-ring (bicyclic) bond motifs is 1. The zero-order valence-corrected chi connectivity index (χ0v) is 10.3. The minimum Gasteiger partial charge on any atom is -0.392 e. The van der Waals surface area contributed by atoms with Crippen LogP contribution in [0.4, 0.5) is 0 Å². The lowest BCUT2D eigenvalue weighted by Crippen LogP contribution is -1.86. The van der Waals surface area contributed by atoms with Crippen molar-refractivity contribution in [1.82, 2.24) is 15.0 Å². The number of hydrogen-bond acceptors (Lipinski definition) is 4. The summed E-state index contributed by atoms with van der Waals surface area (Å²) in [7, 11) is 0. The van der Waals surface area contributed by atoms with Gasteiger partial charge in [0.15, 0.2) is 5.16 Å². The number of aliphatic hydroxyl groups excluding tert-OH is 1. The minimum atomic E-state index is 0.0165. The highest BCUT2D eigenvalue weighted by molar-refractivity contribution is 7.99. The molecule has 0 aliphatic carbocycles. The number of hydrogen-bond donors (Lipinski definition) is 2. The molecule has 0 atom stereocenters. The van der Waals surface area contributed by atoms with Gasteiger partial charge in [-0.05, 0) is 35.5 Å². The molecule has 0 saturated carbocycles. The van der Waals surface area contributed by atoms with Crippen LogP contribution in [-0.2, 0) is 6.61 Å². The second kappa shape index (κ2) is 4.80. The van der Waals surface area contributed by atoms with E-state index in [0.29, 0.717) is 0 Å². The maximum absolute atomic E-state index is 8.95. The van der Waals surface area contributed by atoms with Crippen LogP contribution in [0.15, 0.2) is 52.8 Å². The summed E-state index contributed by atoms with van der Waals surface area (Å²) in [5.41, 5.74) is 2.78. The minimum absolute atomic E-state index is 0.0165. The van der Waals surface area contributed by atoms with E-state index in [-0.39, 0.29) is 6.61 Å². The first-order valence-electron chi connectivity index (χ1n) is 5.53. The quantitative estimate of drug-likeness (QED) is 0.757. The Kier molecular flexibility index (Phi) is 3.00. The summed E-state index contributed by atoms with van der Waals surface area (Å²) in [6.45, 7) is 0.0165. The van der Waals surface area contributed by atoms with E-state index in [4.69, 9.17) is 5.11 Å². The molecule has 5 heteroatoms. The Bertz CT molecular complexity index is 630. The second-order valence-electron chi connectivity index (χ2n) is 3.82. The molecule has 0 aliphatic heterocycles. The van der Waals surface area contributed by atoms with Crippen LogP contribution in [0.5, 0.6) is 0 Å². The molecule has 0 spiro atoms. The maximum atomic E-state index is 8.95. The van der Waals surface area contributed by atoms with Crippen LogP contribution < -0.4 is 0 Å². The zero-order chi connectivity index (χ0) is 12.4. The predicted molar refractivity (Wildman–Crippen MR) is 70.4 cm³/mol. The first-order chi connectivity index (χ1) is 8.85. The molecule has 0 amide bonds. The van der Waals surface area contributed by atoms with Crippen molar-refractivity contribution >= 4 is 22.8 Å². The van der Waals surface area contributed by atoms with E-state index in [9.17, 15) is 0 Å². The molecule has 3 aromatic rings. The lowest BCUT2D eigenvalue weighted by Gasteiger charge is -1.98. The molecular formula is C13H11N3OS. The Hall–Kier alpha value is -1.85. The highest BCUT2D eigenvalue weighted by Gasteiger charge is 2.04. The molecule has 2 aromatic heterocycles. The molecule has 0 bridgehead atoms. The lowest BCUT2D eigenvalue weighted by molar-refractivity contribution is 0.281. The standard InChI is InChI=1S/C13H11N3OS/c17-8-9-5-6-12(14-7-9)18-13-15-10-3-1-2-4-11(10)16-13/h1-7,17H,8H2,(H,15,16). The van der Waals surface area contributed by atoms with Crippen molar-refractivity contribution in [1.29, 1.82) is 0 Å². The van der Waals surface area contributed by atoms with Gasteiger partial charge >= 0.3 is 0 Å². The number of para-hydroxylation sites is 2. The average Bonchev–Trinajstić information content (AvgIpc) is 2.82. The Morgan fingerprint density at radius 1 is 1.17 bits per heavy atom. The number of nitrogens with one attached hydrogen (secondary N) is 1. The van der Waals surface area contributed by atoms with Crippen molar-refractivity contribution in [3.63, 3.8) is 0 Å². The fraction of sp³-hybridized carbons (Fsp3) is 0.0769. The van der Waals surface area contributed by atoms with Crippen molar-refractivity contribution in [3.8, 4) is 0 Å². The first-order valence-corrected chi connectivity index (χ1v) is 6.35. The van der Waals surface area contributed by atoms with Gasteiger partial charge in [0, 0.05) is 6.20 Å². The molecule has 1 aromatic carbocycles. The van der Waals surface area contributed by atoms with E-state index in [2.05, 4.69) is 15.0 Å². The largest absolute Gasteiger partial charge is 0.392 e. The van der Waals surface area contributed by atoms with Gasteiger partial charge in [-0.15, -0.1) is 0 Å². The van der Waals surface area contributed by atoms with Crippen LogP contribution in [0.25, 0.3) is 11.0 Å². The zero-order valence-electron chi connectivity index (χ0n) is 9.50. The molecule has 0 saturated heterocycles. The van der Waals surface area contributed by atoms with E-state index in [1.165, 1.54) is 11.8 Å². The van der Waals surface area contributed by atoms with E-state index in [1.54, 1.807) is 6.20 Å². The highest BCUT2D eigenvalue weighted by atomic mass is 32.2. The third-order valence-electron chi connectivity index (χ3n) is 2.55. The molecule has 2 heterocycles. The van der Waals surface area contributed by atoms with Crippen LogP contribution in [0, 0.1) is 0 Å². The van der Waals surface area contributed by atoms with Gasteiger partial charge < -0.3 is 10.1 Å². The number of benzene rings is 1. The van der Waals surface area contributed by atoms with Gasteiger partial charge in [-0.2, -0.15) is 0 Å². The van der Waals surface area contributed by atoms with Crippen LogP contribution in [0.3, 0.4) is 0 Å². The number of pyridine rings is 1. The van der Waals surface area contributed by atoms with Gasteiger partial charge in [0.05, 0.1) is 17.6 Å². The summed E-state index contributed by atoms with van der Waals surface area (Å²) in [4.78, 5) is 12.0. The monoisotopic (exact) mass is 257 g/mol. The topological polar surface area (TPSA) is 61.8 Å². The molecule has 0 radical (unpaired) electrons. The second-order valence-corrected chi connectivity index (χ2v) is 4.83. The number of nitrogens with zero attached hydrogens (tertiary/aromatic N) is 2. The third-order valence-corrected chi connectivity index (χ3v) is 3.39. The lowest BCUT2D eigenvalue weighted by atomic mass is 10.3. The van der Waals surface area contributed by atoms with Gasteiger partial charge in [0.1, 0.15) is 5.03 Å². The van der Waals surface area contributed by atoms with Gasteiger partial charge in [0.2, 0.25) is 0 Å². The molecule has 4 nitrogen and oxygen atoms in total. The van der Waals surface area contributed by atoms with E-state index in [1.807, 2.05) is 36.4 Å². The number of aromatic amines is 1. The average molecular weight is 257 g/mol. The van der Waals surface area contributed by atoms with Crippen molar-refractivity contribution < 1.29 is 5.11 Å². The smallest absolute Gasteiger partial charge is 0.172 e. The van der Waals surface area contributed by atoms with Crippen molar-refractivity contribution in [3.05, 3.63) is 48.2 Å². The van der Waals surface area contributed by atoms with Gasteiger partial charge in [-0.1, -0.05) is 18.2 Å². The molecular weight excluding hydrogens is 246 g/mol. The van der Waals surface area contributed by atoms with E-state index in [0.717, 1.165) is 26.8 Å². The fourth-order valence-electron chi connectivity index (χ4n) is 1.64. The van der Waals surface area contributed by atoms with Crippen LogP contribution in [0.1, 0.15) is 5.56 Å². The number of aromatic nitrogens is 3. The number of imidazole rings is 1. The van der Waals surface area contributed by atoms with Crippen LogP contribution in [0.2, 0.25) is 0 Å². The normalized spacial score (nSPS) is 10.9. The van der Waals surface area contributed by atoms with Crippen molar-refractivity contribution in [2.45, 2.75) is 16.8 Å². The summed E-state index contributed by atoms with van der Waals surface area (Å²) < 4.78 is 0. The van der Waals surface area contributed by atoms with Crippen LogP contribution >= 0.6 is 11.8 Å². The Morgan fingerprint density at radius 2 is 2.06 bits per heavy atom. The Morgan fingerprint density at radius 3 is 2.78 bits per heavy atom. The number of H-pyrrole nitrogens is 1. The highest BCUT2D eigenvalue weighted by Crippen LogP contribution is 2.25. The molecule has 90 valence electrons. The first kappa shape index (κ1) is 11.3. The fourth-order valence-corrected chi connectivity index (χ4v) is 2.39. The molecule has 0 aliphatic rings. The number of rotatable bonds is 3. The maximum Gasteiger partial charge on any atom is 0.172 e. The van der Waals surface area contributed by atoms with Crippen LogP contribution in [-0.4, -0.2) is 20.1 Å². The molecule has 2 N–H and O–H groups in total. The number of aliphatic hydroxyl groups is 1.